The molecule has 0 rings (SSSR count). The first-order chi connectivity index (χ1) is 8.45. The molecule has 0 aromatic rings. The van der Waals surface area contributed by atoms with Crippen molar-refractivity contribution in [2.24, 2.45) is 5.92 Å². The lowest BCUT2D eigenvalue weighted by molar-refractivity contribution is -0.150. The predicted octanol–water partition coefficient (Wildman–Crippen LogP) is 1.42. The second-order valence-electron chi connectivity index (χ2n) is 5.37. The molecule has 0 saturated heterocycles. The van der Waals surface area contributed by atoms with Crippen LogP contribution in [0.2, 0.25) is 0 Å². The van der Waals surface area contributed by atoms with Crippen molar-refractivity contribution in [1.29, 1.82) is 0 Å². The van der Waals surface area contributed by atoms with Crippen molar-refractivity contribution in [3.05, 3.63) is 0 Å². The first-order valence-corrected chi connectivity index (χ1v) is 5.86. The van der Waals surface area contributed by atoms with Gasteiger partial charge in [0.1, 0.15) is 5.60 Å². The smallest absolute Gasteiger partial charge is 0.410 e. The highest BCUT2D eigenvalue weighted by atomic mass is 16.6. The van der Waals surface area contributed by atoms with Gasteiger partial charge < -0.3 is 19.8 Å². The lowest BCUT2D eigenvalue weighted by Crippen LogP contribution is -2.45. The standard InChI is InChI=1S/C12H21NO6/c1-7(8(10(16)17)6-9(14)15)13(5)11(18)19-12(2,3)4/h7-8H,6H2,1-5H3,(H,14,15)(H,16,17). The summed E-state index contributed by atoms with van der Waals surface area (Å²) in [5.41, 5.74) is -0.698. The molecule has 0 bridgehead atoms. The minimum Gasteiger partial charge on any atom is -0.481 e. The molecule has 0 aliphatic carbocycles. The summed E-state index contributed by atoms with van der Waals surface area (Å²) in [5, 5.41) is 17.7. The summed E-state index contributed by atoms with van der Waals surface area (Å²) < 4.78 is 5.10. The van der Waals surface area contributed by atoms with Crippen LogP contribution in [0.25, 0.3) is 0 Å². The van der Waals surface area contributed by atoms with Gasteiger partial charge in [-0.3, -0.25) is 9.59 Å². The van der Waals surface area contributed by atoms with Gasteiger partial charge in [0.2, 0.25) is 0 Å². The van der Waals surface area contributed by atoms with E-state index in [4.69, 9.17) is 14.9 Å². The first kappa shape index (κ1) is 17.2. The average Bonchev–Trinajstić information content (AvgIpc) is 2.20. The number of hydrogen-bond acceptors (Lipinski definition) is 4. The summed E-state index contributed by atoms with van der Waals surface area (Å²) in [6.45, 7) is 6.55. The Hall–Kier alpha value is -1.79. The van der Waals surface area contributed by atoms with E-state index in [9.17, 15) is 14.4 Å². The largest absolute Gasteiger partial charge is 0.481 e. The van der Waals surface area contributed by atoms with Crippen molar-refractivity contribution >= 4 is 18.0 Å². The van der Waals surface area contributed by atoms with E-state index in [-0.39, 0.29) is 0 Å². The number of carboxylic acids is 2. The van der Waals surface area contributed by atoms with Crippen molar-refractivity contribution in [2.45, 2.75) is 45.8 Å². The van der Waals surface area contributed by atoms with Gasteiger partial charge in [0, 0.05) is 13.1 Å². The van der Waals surface area contributed by atoms with Crippen LogP contribution < -0.4 is 0 Å². The van der Waals surface area contributed by atoms with Crippen molar-refractivity contribution in [1.82, 2.24) is 4.90 Å². The van der Waals surface area contributed by atoms with E-state index in [1.807, 2.05) is 0 Å². The van der Waals surface area contributed by atoms with Crippen LogP contribution >= 0.6 is 0 Å². The van der Waals surface area contributed by atoms with Gasteiger partial charge in [-0.15, -0.1) is 0 Å². The van der Waals surface area contributed by atoms with Crippen LogP contribution in [0.3, 0.4) is 0 Å². The highest BCUT2D eigenvalue weighted by Gasteiger charge is 2.33. The fourth-order valence-electron chi connectivity index (χ4n) is 1.42. The summed E-state index contributed by atoms with van der Waals surface area (Å²) in [5.74, 6) is -3.67. The average molecular weight is 275 g/mol. The molecule has 0 radical (unpaired) electrons. The Morgan fingerprint density at radius 2 is 1.68 bits per heavy atom. The third-order valence-corrected chi connectivity index (χ3v) is 2.59. The number of nitrogens with zero attached hydrogens (tertiary/aromatic N) is 1. The lowest BCUT2D eigenvalue weighted by atomic mass is 9.97. The summed E-state index contributed by atoms with van der Waals surface area (Å²) in [6, 6.07) is -0.788. The number of hydrogen-bond donors (Lipinski definition) is 2. The number of ether oxygens (including phenoxy) is 1. The maximum Gasteiger partial charge on any atom is 0.410 e. The lowest BCUT2D eigenvalue weighted by Gasteiger charge is -2.31. The molecule has 2 atom stereocenters. The van der Waals surface area contributed by atoms with E-state index >= 15 is 0 Å². The zero-order valence-electron chi connectivity index (χ0n) is 11.8. The van der Waals surface area contributed by atoms with Gasteiger partial charge in [-0.1, -0.05) is 0 Å². The maximum absolute atomic E-state index is 11.8. The van der Waals surface area contributed by atoms with Crippen LogP contribution in [0.4, 0.5) is 4.79 Å². The first-order valence-electron chi connectivity index (χ1n) is 5.86. The van der Waals surface area contributed by atoms with Crippen LogP contribution in [0, 0.1) is 5.92 Å². The Kier molecular flexibility index (Phi) is 5.80. The number of carbonyl (C=O) groups is 3. The summed E-state index contributed by atoms with van der Waals surface area (Å²) >= 11 is 0. The normalized spacial score (nSPS) is 14.4. The molecule has 7 nitrogen and oxygen atoms in total. The van der Waals surface area contributed by atoms with Crippen molar-refractivity contribution < 1.29 is 29.3 Å². The highest BCUT2D eigenvalue weighted by molar-refractivity contribution is 5.79. The summed E-state index contributed by atoms with van der Waals surface area (Å²) in [7, 11) is 1.39. The van der Waals surface area contributed by atoms with Crippen LogP contribution in [0.5, 0.6) is 0 Å². The van der Waals surface area contributed by atoms with E-state index in [1.165, 1.54) is 14.0 Å². The Labute approximate surface area is 112 Å². The fraction of sp³-hybridized carbons (Fsp3) is 0.750. The second kappa shape index (κ2) is 6.40. The van der Waals surface area contributed by atoms with E-state index in [0.29, 0.717) is 0 Å². The Balaban J connectivity index is 4.84. The van der Waals surface area contributed by atoms with Crippen LogP contribution in [0.15, 0.2) is 0 Å². The molecule has 2 N–H and O–H groups in total. The molecule has 0 saturated carbocycles. The topological polar surface area (TPSA) is 104 Å². The number of rotatable bonds is 5. The van der Waals surface area contributed by atoms with E-state index in [0.717, 1.165) is 4.90 Å². The van der Waals surface area contributed by atoms with Gasteiger partial charge in [-0.25, -0.2) is 4.79 Å². The fourth-order valence-corrected chi connectivity index (χ4v) is 1.42. The minimum atomic E-state index is -1.26. The molecule has 2 unspecified atom stereocenters. The van der Waals surface area contributed by atoms with Gasteiger partial charge in [-0.2, -0.15) is 0 Å². The summed E-state index contributed by atoms with van der Waals surface area (Å²) in [4.78, 5) is 34.6. The van der Waals surface area contributed by atoms with E-state index in [2.05, 4.69) is 0 Å². The molecular formula is C12H21NO6. The molecule has 0 aliphatic heterocycles. The van der Waals surface area contributed by atoms with Crippen LogP contribution in [-0.4, -0.2) is 51.8 Å². The molecule has 19 heavy (non-hydrogen) atoms. The summed E-state index contributed by atoms with van der Waals surface area (Å²) in [6.07, 6.45) is -1.24. The zero-order valence-corrected chi connectivity index (χ0v) is 11.8. The van der Waals surface area contributed by atoms with Gasteiger partial charge in [-0.05, 0) is 27.7 Å². The Morgan fingerprint density at radius 1 is 1.21 bits per heavy atom. The molecule has 0 aromatic heterocycles. The van der Waals surface area contributed by atoms with E-state index < -0.39 is 42.0 Å². The molecule has 7 heteroatoms. The predicted molar refractivity (Wildman–Crippen MR) is 66.8 cm³/mol. The van der Waals surface area contributed by atoms with Gasteiger partial charge in [0.25, 0.3) is 0 Å². The van der Waals surface area contributed by atoms with Crippen molar-refractivity contribution in [3.63, 3.8) is 0 Å². The SMILES string of the molecule is CC(C(CC(=O)O)C(=O)O)N(C)C(=O)OC(C)(C)C. The highest BCUT2D eigenvalue weighted by Crippen LogP contribution is 2.17. The van der Waals surface area contributed by atoms with Crippen molar-refractivity contribution in [2.75, 3.05) is 7.05 Å². The molecule has 0 heterocycles. The molecule has 0 spiro atoms. The number of carboxylic acid groups (broad SMARTS) is 2. The van der Waals surface area contributed by atoms with E-state index in [1.54, 1.807) is 20.8 Å². The number of amides is 1. The third kappa shape index (κ3) is 6.08. The number of aliphatic carboxylic acids is 2. The Bertz CT molecular complexity index is 360. The molecule has 0 aliphatic rings. The van der Waals surface area contributed by atoms with Gasteiger partial charge >= 0.3 is 18.0 Å². The van der Waals surface area contributed by atoms with Crippen LogP contribution in [0.1, 0.15) is 34.1 Å². The second-order valence-corrected chi connectivity index (χ2v) is 5.37. The molecule has 1 amide bonds. The minimum absolute atomic E-state index is 0.552. The van der Waals surface area contributed by atoms with Gasteiger partial charge in [0.05, 0.1) is 12.3 Å². The Morgan fingerprint density at radius 3 is 2.00 bits per heavy atom. The molecule has 110 valence electrons. The van der Waals surface area contributed by atoms with Crippen molar-refractivity contribution in [3.8, 4) is 0 Å². The van der Waals surface area contributed by atoms with Crippen LogP contribution in [-0.2, 0) is 14.3 Å². The molecule has 0 aromatic carbocycles. The zero-order chi connectivity index (χ0) is 15.4. The number of carbonyl (C=O) groups excluding carboxylic acids is 1. The monoisotopic (exact) mass is 275 g/mol. The molecule has 0 fully saturated rings. The quantitative estimate of drug-likeness (QED) is 0.786. The third-order valence-electron chi connectivity index (χ3n) is 2.59. The maximum atomic E-state index is 11.8. The van der Waals surface area contributed by atoms with Gasteiger partial charge in [0.15, 0.2) is 0 Å². The molecular weight excluding hydrogens is 254 g/mol.